The zero-order valence-electron chi connectivity index (χ0n) is 16.7. The van der Waals surface area contributed by atoms with Crippen LogP contribution in [0.15, 0.2) is 24.5 Å². The van der Waals surface area contributed by atoms with E-state index < -0.39 is 23.0 Å². The summed E-state index contributed by atoms with van der Waals surface area (Å²) in [4.78, 5) is 4.10. The Morgan fingerprint density at radius 3 is 2.43 bits per heavy atom. The third kappa shape index (κ3) is 3.46. The van der Waals surface area contributed by atoms with Crippen LogP contribution in [-0.4, -0.2) is 34.6 Å². The molecule has 3 heterocycles. The summed E-state index contributed by atoms with van der Waals surface area (Å²) in [6.07, 6.45) is 1.54. The average Bonchev–Trinajstić information content (AvgIpc) is 3.28. The molecule has 1 aromatic carbocycles. The molecule has 11 heteroatoms. The quantitative estimate of drug-likeness (QED) is 0.474. The lowest BCUT2D eigenvalue weighted by molar-refractivity contribution is 0.271. The Morgan fingerprint density at radius 1 is 1.03 bits per heavy atom. The molecule has 0 unspecified atom stereocenters. The van der Waals surface area contributed by atoms with Crippen LogP contribution in [-0.2, 0) is 19.1 Å². The SMILES string of the molecule is Cn1cnc(COc2nn3c(-c4c(F)ccc(F)c4F)nnc3cc2C(C)(C)C)n1. The number of halogens is 3. The van der Waals surface area contributed by atoms with E-state index in [1.165, 1.54) is 11.0 Å². The fraction of sp³-hybridized carbons (Fsp3) is 0.316. The summed E-state index contributed by atoms with van der Waals surface area (Å²) in [7, 11) is 1.73. The van der Waals surface area contributed by atoms with E-state index in [4.69, 9.17) is 4.74 Å². The van der Waals surface area contributed by atoms with Crippen LogP contribution in [0.4, 0.5) is 13.2 Å². The molecule has 0 aliphatic rings. The van der Waals surface area contributed by atoms with Crippen LogP contribution in [0.1, 0.15) is 32.2 Å². The van der Waals surface area contributed by atoms with E-state index in [0.717, 1.165) is 10.6 Å². The van der Waals surface area contributed by atoms with Crippen molar-refractivity contribution in [2.75, 3.05) is 0 Å². The van der Waals surface area contributed by atoms with Crippen molar-refractivity contribution in [2.45, 2.75) is 32.8 Å². The van der Waals surface area contributed by atoms with Crippen molar-refractivity contribution in [3.63, 3.8) is 0 Å². The third-order valence-electron chi connectivity index (χ3n) is 4.42. The van der Waals surface area contributed by atoms with Gasteiger partial charge in [0, 0.05) is 12.6 Å². The molecule has 156 valence electrons. The van der Waals surface area contributed by atoms with Gasteiger partial charge in [-0.05, 0) is 23.6 Å². The Balaban J connectivity index is 1.85. The van der Waals surface area contributed by atoms with Gasteiger partial charge in [-0.15, -0.1) is 15.3 Å². The Kier molecular flexibility index (Phi) is 4.67. The minimum Gasteiger partial charge on any atom is -0.468 e. The van der Waals surface area contributed by atoms with Crippen molar-refractivity contribution >= 4 is 5.65 Å². The van der Waals surface area contributed by atoms with Gasteiger partial charge in [-0.2, -0.15) is 9.61 Å². The Bertz CT molecular complexity index is 1240. The normalized spacial score (nSPS) is 12.0. The van der Waals surface area contributed by atoms with E-state index in [0.29, 0.717) is 17.5 Å². The largest absolute Gasteiger partial charge is 0.468 e. The van der Waals surface area contributed by atoms with E-state index in [1.807, 2.05) is 20.8 Å². The molecule has 0 fully saturated rings. The maximum absolute atomic E-state index is 14.3. The predicted molar refractivity (Wildman–Crippen MR) is 100 cm³/mol. The van der Waals surface area contributed by atoms with Crippen molar-refractivity contribution in [3.05, 3.63) is 53.4 Å². The summed E-state index contributed by atoms with van der Waals surface area (Å²) in [6, 6.07) is 3.19. The van der Waals surface area contributed by atoms with Gasteiger partial charge in [0.2, 0.25) is 5.88 Å². The van der Waals surface area contributed by atoms with Gasteiger partial charge in [-0.25, -0.2) is 18.2 Å². The van der Waals surface area contributed by atoms with Crippen LogP contribution < -0.4 is 4.74 Å². The molecule has 3 aromatic heterocycles. The highest BCUT2D eigenvalue weighted by Crippen LogP contribution is 2.33. The zero-order chi connectivity index (χ0) is 21.6. The van der Waals surface area contributed by atoms with Gasteiger partial charge in [-0.1, -0.05) is 20.8 Å². The van der Waals surface area contributed by atoms with Crippen LogP contribution in [0.5, 0.6) is 5.88 Å². The molecule has 0 atom stereocenters. The first-order chi connectivity index (χ1) is 14.1. The maximum Gasteiger partial charge on any atom is 0.236 e. The maximum atomic E-state index is 14.3. The number of rotatable bonds is 4. The monoisotopic (exact) mass is 417 g/mol. The lowest BCUT2D eigenvalue weighted by atomic mass is 9.88. The Hall–Kier alpha value is -3.50. The van der Waals surface area contributed by atoms with Crippen LogP contribution in [0.25, 0.3) is 17.0 Å². The fourth-order valence-corrected chi connectivity index (χ4v) is 2.93. The van der Waals surface area contributed by atoms with Gasteiger partial charge in [0.05, 0.1) is 5.56 Å². The lowest BCUT2D eigenvalue weighted by Crippen LogP contribution is -2.16. The molecule has 4 aromatic rings. The molecule has 0 N–H and O–H groups in total. The number of hydrogen-bond acceptors (Lipinski definition) is 6. The zero-order valence-corrected chi connectivity index (χ0v) is 16.7. The molecule has 0 amide bonds. The first-order valence-corrected chi connectivity index (χ1v) is 9.03. The van der Waals surface area contributed by atoms with Gasteiger partial charge < -0.3 is 4.74 Å². The van der Waals surface area contributed by atoms with Gasteiger partial charge in [0.25, 0.3) is 0 Å². The number of aromatic nitrogens is 7. The fourth-order valence-electron chi connectivity index (χ4n) is 2.93. The van der Waals surface area contributed by atoms with E-state index >= 15 is 0 Å². The molecule has 0 aliphatic heterocycles. The minimum absolute atomic E-state index is 0.0303. The number of benzene rings is 1. The standard InChI is InChI=1S/C19H18F3N7O/c1-19(2,3)10-7-14-24-25-17(15-11(20)5-6-12(21)16(15)22)29(14)27-18(10)30-8-13-23-9-28(4)26-13/h5-7,9H,8H2,1-4H3. The van der Waals surface area contributed by atoms with Crippen LogP contribution in [0, 0.1) is 17.5 Å². The second kappa shape index (κ2) is 7.08. The number of ether oxygens (including phenoxy) is 1. The van der Waals surface area contributed by atoms with Crippen LogP contribution in [0.2, 0.25) is 0 Å². The molecule has 0 spiro atoms. The summed E-state index contributed by atoms with van der Waals surface area (Å²) in [6.45, 7) is 5.89. The van der Waals surface area contributed by atoms with E-state index in [2.05, 4.69) is 25.4 Å². The molecule has 8 nitrogen and oxygen atoms in total. The van der Waals surface area contributed by atoms with E-state index in [9.17, 15) is 13.2 Å². The van der Waals surface area contributed by atoms with E-state index in [1.54, 1.807) is 13.1 Å². The highest BCUT2D eigenvalue weighted by atomic mass is 19.2. The molecular weight excluding hydrogens is 399 g/mol. The van der Waals surface area contributed by atoms with Crippen molar-refractivity contribution < 1.29 is 17.9 Å². The van der Waals surface area contributed by atoms with Crippen molar-refractivity contribution in [2.24, 2.45) is 7.05 Å². The summed E-state index contributed by atoms with van der Waals surface area (Å²) >= 11 is 0. The molecule has 0 radical (unpaired) electrons. The van der Waals surface area contributed by atoms with E-state index in [-0.39, 0.29) is 29.4 Å². The van der Waals surface area contributed by atoms with Crippen molar-refractivity contribution in [1.82, 2.24) is 34.6 Å². The van der Waals surface area contributed by atoms with Crippen LogP contribution in [0.3, 0.4) is 0 Å². The number of fused-ring (bicyclic) bond motifs is 1. The third-order valence-corrected chi connectivity index (χ3v) is 4.42. The lowest BCUT2D eigenvalue weighted by Gasteiger charge is -2.21. The van der Waals surface area contributed by atoms with Gasteiger partial charge in [0.1, 0.15) is 12.1 Å². The molecule has 0 saturated heterocycles. The highest BCUT2D eigenvalue weighted by molar-refractivity contribution is 5.61. The summed E-state index contributed by atoms with van der Waals surface area (Å²) in [5.74, 6) is -3.20. The van der Waals surface area contributed by atoms with Crippen molar-refractivity contribution in [3.8, 4) is 17.3 Å². The van der Waals surface area contributed by atoms with Gasteiger partial charge in [0.15, 0.2) is 35.5 Å². The predicted octanol–water partition coefficient (Wildman–Crippen LogP) is 3.21. The summed E-state index contributed by atoms with van der Waals surface area (Å²) in [5, 5.41) is 16.3. The first-order valence-electron chi connectivity index (χ1n) is 9.03. The molecule has 30 heavy (non-hydrogen) atoms. The molecule has 0 saturated carbocycles. The molecular formula is C19H18F3N7O. The molecule has 0 aliphatic carbocycles. The topological polar surface area (TPSA) is 83.0 Å². The summed E-state index contributed by atoms with van der Waals surface area (Å²) < 4.78 is 50.8. The van der Waals surface area contributed by atoms with Gasteiger partial charge in [-0.3, -0.25) is 4.68 Å². The van der Waals surface area contributed by atoms with Crippen LogP contribution >= 0.6 is 0 Å². The second-order valence-electron chi connectivity index (χ2n) is 7.75. The Morgan fingerprint density at radius 2 is 1.77 bits per heavy atom. The molecule has 0 bridgehead atoms. The second-order valence-corrected chi connectivity index (χ2v) is 7.75. The number of aryl methyl sites for hydroxylation is 1. The summed E-state index contributed by atoms with van der Waals surface area (Å²) in [5.41, 5.74) is -0.106. The van der Waals surface area contributed by atoms with Gasteiger partial charge >= 0.3 is 0 Å². The number of nitrogens with zero attached hydrogens (tertiary/aromatic N) is 7. The Labute approximate surface area is 169 Å². The smallest absolute Gasteiger partial charge is 0.236 e. The molecule has 4 rings (SSSR count). The highest BCUT2D eigenvalue weighted by Gasteiger charge is 2.26. The average molecular weight is 417 g/mol. The minimum atomic E-state index is -1.37. The first kappa shape index (κ1) is 19.8. The van der Waals surface area contributed by atoms with Crippen molar-refractivity contribution in [1.29, 1.82) is 0 Å². The number of hydrogen-bond donors (Lipinski definition) is 0.